The Balaban J connectivity index is 2.19. The van der Waals surface area contributed by atoms with Gasteiger partial charge in [-0.25, -0.2) is 0 Å². The molecule has 0 aromatic carbocycles. The highest BCUT2D eigenvalue weighted by Crippen LogP contribution is 2.39. The standard InChI is InChI=1S/C10H12N/c1-2-10-6-5-9(7-11-10)8-3-4-8/h5-8H,1-4H2. The quantitative estimate of drug-likeness (QED) is 0.624. The summed E-state index contributed by atoms with van der Waals surface area (Å²) in [5, 5.41) is 0. The Morgan fingerprint density at radius 1 is 1.45 bits per heavy atom. The van der Waals surface area contributed by atoms with E-state index in [9.17, 15) is 0 Å². The lowest BCUT2D eigenvalue weighted by molar-refractivity contribution is 1.04. The van der Waals surface area contributed by atoms with Crippen LogP contribution in [0.1, 0.15) is 30.0 Å². The van der Waals surface area contributed by atoms with Crippen LogP contribution in [0.2, 0.25) is 0 Å². The molecular weight excluding hydrogens is 134 g/mol. The molecule has 0 atom stereocenters. The molecule has 1 aliphatic carbocycles. The molecule has 2 rings (SSSR count). The molecule has 1 aromatic heterocycles. The van der Waals surface area contributed by atoms with Crippen LogP contribution in [-0.2, 0) is 6.42 Å². The highest BCUT2D eigenvalue weighted by molar-refractivity contribution is 5.22. The van der Waals surface area contributed by atoms with Gasteiger partial charge in [0.25, 0.3) is 0 Å². The van der Waals surface area contributed by atoms with Crippen molar-refractivity contribution in [3.63, 3.8) is 0 Å². The van der Waals surface area contributed by atoms with Crippen molar-refractivity contribution in [3.8, 4) is 0 Å². The molecule has 1 nitrogen and oxygen atoms in total. The number of aromatic nitrogens is 1. The van der Waals surface area contributed by atoms with E-state index in [0.717, 1.165) is 18.0 Å². The SMILES string of the molecule is [CH2]Cc1ccc(C2CC2)cn1. The predicted octanol–water partition coefficient (Wildman–Crippen LogP) is 2.34. The first-order valence-electron chi connectivity index (χ1n) is 4.14. The van der Waals surface area contributed by atoms with E-state index in [4.69, 9.17) is 0 Å². The zero-order chi connectivity index (χ0) is 7.68. The molecule has 1 radical (unpaired) electrons. The van der Waals surface area contributed by atoms with Gasteiger partial charge in [-0.05, 0) is 43.7 Å². The predicted molar refractivity (Wildman–Crippen MR) is 45.3 cm³/mol. The Hall–Kier alpha value is -0.850. The molecule has 1 saturated carbocycles. The lowest BCUT2D eigenvalue weighted by Crippen LogP contribution is -1.87. The second kappa shape index (κ2) is 2.65. The second-order valence-corrected chi connectivity index (χ2v) is 3.11. The lowest BCUT2D eigenvalue weighted by Gasteiger charge is -1.97. The van der Waals surface area contributed by atoms with E-state index < -0.39 is 0 Å². The van der Waals surface area contributed by atoms with Gasteiger partial charge in [-0.2, -0.15) is 0 Å². The molecule has 0 unspecified atom stereocenters. The number of hydrogen-bond acceptors (Lipinski definition) is 1. The molecule has 1 fully saturated rings. The summed E-state index contributed by atoms with van der Waals surface area (Å²) in [6.45, 7) is 3.78. The maximum Gasteiger partial charge on any atom is 0.0403 e. The molecule has 1 aromatic rings. The monoisotopic (exact) mass is 146 g/mol. The van der Waals surface area contributed by atoms with Gasteiger partial charge < -0.3 is 0 Å². The smallest absolute Gasteiger partial charge is 0.0403 e. The molecule has 1 heteroatoms. The molecule has 1 aliphatic rings. The fourth-order valence-electron chi connectivity index (χ4n) is 1.24. The van der Waals surface area contributed by atoms with E-state index in [1.165, 1.54) is 18.4 Å². The number of hydrogen-bond donors (Lipinski definition) is 0. The average Bonchev–Trinajstić information content (AvgIpc) is 2.87. The molecule has 0 aliphatic heterocycles. The fourth-order valence-corrected chi connectivity index (χ4v) is 1.24. The Morgan fingerprint density at radius 2 is 2.27 bits per heavy atom. The Labute approximate surface area is 67.5 Å². The molecule has 0 saturated heterocycles. The molecule has 0 N–H and O–H groups in total. The van der Waals surface area contributed by atoms with Crippen molar-refractivity contribution in [2.24, 2.45) is 0 Å². The van der Waals surface area contributed by atoms with E-state index in [-0.39, 0.29) is 0 Å². The van der Waals surface area contributed by atoms with Crippen molar-refractivity contribution in [3.05, 3.63) is 36.5 Å². The Bertz CT molecular complexity index is 234. The summed E-state index contributed by atoms with van der Waals surface area (Å²) < 4.78 is 0. The summed E-state index contributed by atoms with van der Waals surface area (Å²) in [4.78, 5) is 4.30. The minimum atomic E-state index is 0.797. The zero-order valence-electron chi connectivity index (χ0n) is 6.59. The Morgan fingerprint density at radius 3 is 2.73 bits per heavy atom. The molecular formula is C10H12N. The van der Waals surface area contributed by atoms with E-state index in [1.807, 2.05) is 6.20 Å². The van der Waals surface area contributed by atoms with E-state index in [2.05, 4.69) is 24.0 Å². The van der Waals surface area contributed by atoms with Crippen LogP contribution in [0.15, 0.2) is 18.3 Å². The summed E-state index contributed by atoms with van der Waals surface area (Å²) in [6.07, 6.45) is 5.50. The van der Waals surface area contributed by atoms with Crippen LogP contribution in [-0.4, -0.2) is 4.98 Å². The van der Waals surface area contributed by atoms with Gasteiger partial charge in [-0.1, -0.05) is 6.07 Å². The third kappa shape index (κ3) is 1.42. The van der Waals surface area contributed by atoms with Gasteiger partial charge in [0.05, 0.1) is 0 Å². The maximum absolute atomic E-state index is 4.30. The van der Waals surface area contributed by atoms with Crippen molar-refractivity contribution < 1.29 is 0 Å². The molecule has 11 heavy (non-hydrogen) atoms. The van der Waals surface area contributed by atoms with Crippen molar-refractivity contribution in [2.75, 3.05) is 0 Å². The number of nitrogens with zero attached hydrogens (tertiary/aromatic N) is 1. The highest BCUT2D eigenvalue weighted by Gasteiger charge is 2.23. The van der Waals surface area contributed by atoms with Crippen LogP contribution in [0.3, 0.4) is 0 Å². The Kier molecular flexibility index (Phi) is 1.65. The summed E-state index contributed by atoms with van der Waals surface area (Å²) in [5.74, 6) is 0.821. The second-order valence-electron chi connectivity index (χ2n) is 3.11. The zero-order valence-corrected chi connectivity index (χ0v) is 6.59. The van der Waals surface area contributed by atoms with Crippen LogP contribution in [0.4, 0.5) is 0 Å². The van der Waals surface area contributed by atoms with Crippen LogP contribution < -0.4 is 0 Å². The minimum Gasteiger partial charge on any atom is -0.261 e. The molecule has 0 bridgehead atoms. The van der Waals surface area contributed by atoms with Crippen molar-refractivity contribution in [1.82, 2.24) is 4.98 Å². The van der Waals surface area contributed by atoms with Crippen molar-refractivity contribution in [2.45, 2.75) is 25.2 Å². The van der Waals surface area contributed by atoms with Gasteiger partial charge in [-0.3, -0.25) is 4.98 Å². The average molecular weight is 146 g/mol. The van der Waals surface area contributed by atoms with Crippen LogP contribution in [0.5, 0.6) is 0 Å². The molecule has 0 spiro atoms. The van der Waals surface area contributed by atoms with Crippen LogP contribution in [0.25, 0.3) is 0 Å². The van der Waals surface area contributed by atoms with Crippen LogP contribution >= 0.6 is 0 Å². The topological polar surface area (TPSA) is 12.9 Å². The van der Waals surface area contributed by atoms with Gasteiger partial charge in [-0.15, -0.1) is 0 Å². The van der Waals surface area contributed by atoms with Crippen molar-refractivity contribution in [1.29, 1.82) is 0 Å². The lowest BCUT2D eigenvalue weighted by atomic mass is 10.2. The third-order valence-corrected chi connectivity index (χ3v) is 2.15. The van der Waals surface area contributed by atoms with Gasteiger partial charge in [0.1, 0.15) is 0 Å². The largest absolute Gasteiger partial charge is 0.261 e. The van der Waals surface area contributed by atoms with E-state index >= 15 is 0 Å². The van der Waals surface area contributed by atoms with Gasteiger partial charge >= 0.3 is 0 Å². The molecule has 57 valence electrons. The first kappa shape index (κ1) is 6.84. The maximum atomic E-state index is 4.30. The number of rotatable bonds is 2. The summed E-state index contributed by atoms with van der Waals surface area (Å²) >= 11 is 0. The first-order valence-corrected chi connectivity index (χ1v) is 4.14. The summed E-state index contributed by atoms with van der Waals surface area (Å²) in [6, 6.07) is 4.27. The van der Waals surface area contributed by atoms with Gasteiger partial charge in [0.2, 0.25) is 0 Å². The van der Waals surface area contributed by atoms with Gasteiger partial charge in [0.15, 0.2) is 0 Å². The summed E-state index contributed by atoms with van der Waals surface area (Å²) in [7, 11) is 0. The molecule has 0 amide bonds. The fraction of sp³-hybridized carbons (Fsp3) is 0.400. The first-order chi connectivity index (χ1) is 5.40. The number of pyridine rings is 1. The highest BCUT2D eigenvalue weighted by atomic mass is 14.7. The molecule has 1 heterocycles. The van der Waals surface area contributed by atoms with E-state index in [1.54, 1.807) is 0 Å². The third-order valence-electron chi connectivity index (χ3n) is 2.15. The van der Waals surface area contributed by atoms with E-state index in [0.29, 0.717) is 0 Å². The van der Waals surface area contributed by atoms with Gasteiger partial charge in [0, 0.05) is 11.9 Å². The minimum absolute atomic E-state index is 0.797. The van der Waals surface area contributed by atoms with Crippen molar-refractivity contribution >= 4 is 0 Å². The van der Waals surface area contributed by atoms with Crippen LogP contribution in [0, 0.1) is 6.92 Å². The normalized spacial score (nSPS) is 16.8. The summed E-state index contributed by atoms with van der Waals surface area (Å²) in [5.41, 5.74) is 2.50.